The molecule has 1 fully saturated rings. The van der Waals surface area contributed by atoms with Crippen LogP contribution in [-0.4, -0.2) is 54.2 Å². The molecule has 1 aromatic carbocycles. The predicted octanol–water partition coefficient (Wildman–Crippen LogP) is 1.35. The van der Waals surface area contributed by atoms with Gasteiger partial charge in [-0.25, -0.2) is 13.1 Å². The first-order valence-corrected chi connectivity index (χ1v) is 10.1. The van der Waals surface area contributed by atoms with Gasteiger partial charge in [0.1, 0.15) is 4.90 Å². The number of benzene rings is 1. The normalized spacial score (nSPS) is 14.7. The first-order valence-electron chi connectivity index (χ1n) is 8.65. The zero-order chi connectivity index (χ0) is 18.3. The third kappa shape index (κ3) is 5.17. The summed E-state index contributed by atoms with van der Waals surface area (Å²) < 4.78 is 32.9. The molecule has 1 heterocycles. The van der Waals surface area contributed by atoms with Crippen molar-refractivity contribution in [1.29, 1.82) is 0 Å². The van der Waals surface area contributed by atoms with E-state index in [-0.39, 0.29) is 10.8 Å². The van der Waals surface area contributed by atoms with E-state index in [1.54, 1.807) is 19.2 Å². The van der Waals surface area contributed by atoms with Gasteiger partial charge in [0.05, 0.1) is 12.3 Å². The molecule has 140 valence electrons. The van der Waals surface area contributed by atoms with Crippen molar-refractivity contribution >= 4 is 21.6 Å². The van der Waals surface area contributed by atoms with Crippen LogP contribution in [0.4, 0.5) is 5.69 Å². The molecule has 0 radical (unpaired) electrons. The largest absolute Gasteiger partial charge is 0.383 e. The number of rotatable bonds is 9. The highest BCUT2D eigenvalue weighted by Crippen LogP contribution is 2.29. The number of nitrogens with one attached hydrogen (secondary N) is 2. The maximum absolute atomic E-state index is 12.7. The second kappa shape index (κ2) is 9.17. The van der Waals surface area contributed by atoms with Crippen LogP contribution in [0.25, 0.3) is 0 Å². The lowest BCUT2D eigenvalue weighted by molar-refractivity contribution is 0.0937. The number of nitrogens with zero attached hydrogens (tertiary/aromatic N) is 1. The summed E-state index contributed by atoms with van der Waals surface area (Å²) in [7, 11) is -2.11. The summed E-state index contributed by atoms with van der Waals surface area (Å²) in [5, 5.41) is 2.72. The minimum atomic E-state index is -3.67. The summed E-state index contributed by atoms with van der Waals surface area (Å²) >= 11 is 0. The Morgan fingerprint density at radius 1 is 1.24 bits per heavy atom. The maximum atomic E-state index is 12.7. The number of hydrogen-bond donors (Lipinski definition) is 2. The number of methoxy groups -OCH3 is 1. The quantitative estimate of drug-likeness (QED) is 0.642. The highest BCUT2D eigenvalue weighted by molar-refractivity contribution is 7.89. The first-order chi connectivity index (χ1) is 12.0. The molecule has 0 spiro atoms. The molecular formula is C17H27N3O4S. The van der Waals surface area contributed by atoms with Crippen molar-refractivity contribution in [2.75, 3.05) is 44.8 Å². The van der Waals surface area contributed by atoms with E-state index in [1.807, 2.05) is 6.92 Å². The van der Waals surface area contributed by atoms with E-state index in [1.165, 1.54) is 6.07 Å². The third-order valence-electron chi connectivity index (χ3n) is 4.09. The van der Waals surface area contributed by atoms with Gasteiger partial charge in [-0.1, -0.05) is 6.92 Å². The summed E-state index contributed by atoms with van der Waals surface area (Å²) in [5.41, 5.74) is 0.991. The molecule has 1 aromatic rings. The van der Waals surface area contributed by atoms with Crippen molar-refractivity contribution in [3.8, 4) is 0 Å². The van der Waals surface area contributed by atoms with Crippen molar-refractivity contribution in [2.45, 2.75) is 31.1 Å². The number of amides is 1. The van der Waals surface area contributed by atoms with Gasteiger partial charge >= 0.3 is 0 Å². The molecule has 1 aliphatic heterocycles. The van der Waals surface area contributed by atoms with Crippen LogP contribution in [0.1, 0.15) is 36.5 Å². The van der Waals surface area contributed by atoms with Gasteiger partial charge < -0.3 is 15.0 Å². The van der Waals surface area contributed by atoms with E-state index < -0.39 is 10.0 Å². The molecule has 1 aliphatic rings. The molecule has 0 unspecified atom stereocenters. The minimum Gasteiger partial charge on any atom is -0.383 e. The number of hydrogen-bond acceptors (Lipinski definition) is 5. The topological polar surface area (TPSA) is 87.7 Å². The lowest BCUT2D eigenvalue weighted by Gasteiger charge is -2.22. The smallest absolute Gasteiger partial charge is 0.251 e. The molecule has 0 aromatic heterocycles. The minimum absolute atomic E-state index is 0.169. The van der Waals surface area contributed by atoms with Crippen LogP contribution >= 0.6 is 0 Å². The van der Waals surface area contributed by atoms with Crippen LogP contribution in [-0.2, 0) is 14.8 Å². The third-order valence-corrected chi connectivity index (χ3v) is 5.58. The van der Waals surface area contributed by atoms with E-state index >= 15 is 0 Å². The average Bonchev–Trinajstić information content (AvgIpc) is 3.14. The molecule has 0 bridgehead atoms. The maximum Gasteiger partial charge on any atom is 0.251 e. The van der Waals surface area contributed by atoms with Gasteiger partial charge in [-0.05, 0) is 37.5 Å². The van der Waals surface area contributed by atoms with Gasteiger partial charge in [0, 0.05) is 38.9 Å². The Balaban J connectivity index is 2.33. The molecule has 8 heteroatoms. The van der Waals surface area contributed by atoms with Crippen molar-refractivity contribution in [2.24, 2.45) is 0 Å². The molecule has 1 saturated heterocycles. The highest BCUT2D eigenvalue weighted by Gasteiger charge is 2.25. The molecular weight excluding hydrogens is 342 g/mol. The Kier molecular flexibility index (Phi) is 7.22. The van der Waals surface area contributed by atoms with Gasteiger partial charge in [0.2, 0.25) is 10.0 Å². The monoisotopic (exact) mass is 369 g/mol. The number of anilines is 1. The zero-order valence-electron chi connectivity index (χ0n) is 14.9. The Hall–Kier alpha value is -1.64. The molecule has 0 saturated carbocycles. The zero-order valence-corrected chi connectivity index (χ0v) is 15.7. The van der Waals surface area contributed by atoms with Gasteiger partial charge in [-0.3, -0.25) is 4.79 Å². The van der Waals surface area contributed by atoms with E-state index in [9.17, 15) is 13.2 Å². The van der Waals surface area contributed by atoms with Crippen LogP contribution in [0.15, 0.2) is 23.1 Å². The van der Waals surface area contributed by atoms with E-state index in [2.05, 4.69) is 14.9 Å². The number of sulfonamides is 1. The molecule has 1 amide bonds. The fourth-order valence-electron chi connectivity index (χ4n) is 2.77. The van der Waals surface area contributed by atoms with Crippen LogP contribution in [0, 0.1) is 0 Å². The number of carbonyl (C=O) groups excluding carboxylic acids is 1. The molecule has 2 rings (SSSR count). The fourth-order valence-corrected chi connectivity index (χ4v) is 4.16. The second-order valence-corrected chi connectivity index (χ2v) is 7.76. The summed E-state index contributed by atoms with van der Waals surface area (Å²) in [5.74, 6) is -0.308. The van der Waals surface area contributed by atoms with Crippen molar-refractivity contribution in [1.82, 2.24) is 10.0 Å². The van der Waals surface area contributed by atoms with E-state index in [4.69, 9.17) is 4.74 Å². The Labute approximate surface area is 149 Å². The van der Waals surface area contributed by atoms with Gasteiger partial charge in [0.25, 0.3) is 5.91 Å². The standard InChI is InChI=1S/C17H27N3O4S/c1-3-8-19-25(22,23)16-13-14(17(21)18-9-12-24-2)6-7-15(16)20-10-4-5-11-20/h6-7,13,19H,3-5,8-12H2,1-2H3,(H,18,21). The average molecular weight is 369 g/mol. The number of ether oxygens (including phenoxy) is 1. The van der Waals surface area contributed by atoms with Crippen molar-refractivity contribution in [3.63, 3.8) is 0 Å². The van der Waals surface area contributed by atoms with Crippen LogP contribution < -0.4 is 14.9 Å². The first kappa shape index (κ1) is 19.7. The summed E-state index contributed by atoms with van der Waals surface area (Å²) in [6.45, 7) is 4.71. The summed E-state index contributed by atoms with van der Waals surface area (Å²) in [4.78, 5) is 14.5. The lowest BCUT2D eigenvalue weighted by atomic mass is 10.2. The predicted molar refractivity (Wildman–Crippen MR) is 97.6 cm³/mol. The van der Waals surface area contributed by atoms with Gasteiger partial charge in [0.15, 0.2) is 0 Å². The Morgan fingerprint density at radius 3 is 2.60 bits per heavy atom. The molecule has 0 aliphatic carbocycles. The Morgan fingerprint density at radius 2 is 1.96 bits per heavy atom. The van der Waals surface area contributed by atoms with Crippen molar-refractivity contribution < 1.29 is 17.9 Å². The molecule has 2 N–H and O–H groups in total. The highest BCUT2D eigenvalue weighted by atomic mass is 32.2. The van der Waals surface area contributed by atoms with Crippen LogP contribution in [0.3, 0.4) is 0 Å². The van der Waals surface area contributed by atoms with Gasteiger partial charge in [-0.15, -0.1) is 0 Å². The molecule has 7 nitrogen and oxygen atoms in total. The summed E-state index contributed by atoms with van der Waals surface area (Å²) in [6.07, 6.45) is 2.79. The van der Waals surface area contributed by atoms with Crippen LogP contribution in [0.2, 0.25) is 0 Å². The Bertz CT molecular complexity index is 685. The van der Waals surface area contributed by atoms with Crippen molar-refractivity contribution in [3.05, 3.63) is 23.8 Å². The van der Waals surface area contributed by atoms with E-state index in [0.717, 1.165) is 25.9 Å². The van der Waals surface area contributed by atoms with Gasteiger partial charge in [-0.2, -0.15) is 0 Å². The fraction of sp³-hybridized carbons (Fsp3) is 0.588. The van der Waals surface area contributed by atoms with E-state index in [0.29, 0.717) is 37.4 Å². The second-order valence-electron chi connectivity index (χ2n) is 6.02. The molecule has 0 atom stereocenters. The molecule has 25 heavy (non-hydrogen) atoms. The summed E-state index contributed by atoms with van der Waals surface area (Å²) in [6, 6.07) is 4.87. The lowest BCUT2D eigenvalue weighted by Crippen LogP contribution is -2.30. The van der Waals surface area contributed by atoms with Crippen LogP contribution in [0.5, 0.6) is 0 Å². The SMILES string of the molecule is CCCNS(=O)(=O)c1cc(C(=O)NCCOC)ccc1N1CCCC1. The number of carbonyl (C=O) groups is 1.